The van der Waals surface area contributed by atoms with Crippen LogP contribution in [0.15, 0.2) is 36.4 Å². The molecule has 31 heavy (non-hydrogen) atoms. The Morgan fingerprint density at radius 2 is 1.48 bits per heavy atom. The Kier molecular flexibility index (Phi) is 6.04. The van der Waals surface area contributed by atoms with E-state index in [0.717, 1.165) is 24.2 Å². The number of hydrogen-bond donors (Lipinski definition) is 2. The molecule has 2 aliphatic rings. The van der Waals surface area contributed by atoms with Gasteiger partial charge in [0.15, 0.2) is 18.4 Å². The maximum absolute atomic E-state index is 12.5. The molecule has 0 spiro atoms. The van der Waals surface area contributed by atoms with Gasteiger partial charge in [0.05, 0.1) is 5.69 Å². The van der Waals surface area contributed by atoms with E-state index in [9.17, 15) is 23.4 Å². The molecule has 0 atom stereocenters. The average Bonchev–Trinajstić information content (AvgIpc) is 3.01. The highest BCUT2D eigenvalue weighted by Gasteiger charge is 2.29. The smallest absolute Gasteiger partial charge is 0.422 e. The van der Waals surface area contributed by atoms with Crippen molar-refractivity contribution in [1.82, 2.24) is 9.47 Å². The molecule has 9 heteroatoms. The highest BCUT2D eigenvalue weighted by molar-refractivity contribution is 5.58. The highest BCUT2D eigenvalue weighted by atomic mass is 19.4. The molecule has 1 aliphatic heterocycles. The van der Waals surface area contributed by atoms with Gasteiger partial charge in [0.25, 0.3) is 0 Å². The number of nitrogens with zero attached hydrogens (tertiary/aromatic N) is 3. The Hall–Kier alpha value is -2.81. The number of para-hydroxylation sites is 2. The van der Waals surface area contributed by atoms with Gasteiger partial charge in [0.1, 0.15) is 5.75 Å². The normalized spacial score (nSPS) is 17.1. The number of piperazine rings is 1. The molecule has 0 bridgehead atoms. The summed E-state index contributed by atoms with van der Waals surface area (Å²) in [5.41, 5.74) is 2.24. The summed E-state index contributed by atoms with van der Waals surface area (Å²) in [6.45, 7) is 2.55. The Morgan fingerprint density at radius 1 is 0.871 bits per heavy atom. The molecule has 1 saturated heterocycles. The van der Waals surface area contributed by atoms with E-state index in [-0.39, 0.29) is 17.5 Å². The minimum Gasteiger partial charge on any atom is -0.494 e. The largest absolute Gasteiger partial charge is 0.494 e. The van der Waals surface area contributed by atoms with Crippen LogP contribution in [-0.4, -0.2) is 65.2 Å². The van der Waals surface area contributed by atoms with Gasteiger partial charge in [-0.15, -0.1) is 0 Å². The van der Waals surface area contributed by atoms with Crippen LogP contribution in [0.1, 0.15) is 11.1 Å². The zero-order valence-corrected chi connectivity index (χ0v) is 17.1. The molecule has 6 nitrogen and oxygen atoms in total. The van der Waals surface area contributed by atoms with Crippen molar-refractivity contribution in [2.24, 2.45) is 0 Å². The average molecular weight is 437 g/mol. The number of hydrogen-bond acceptors (Lipinski definition) is 5. The van der Waals surface area contributed by atoms with E-state index < -0.39 is 12.8 Å². The van der Waals surface area contributed by atoms with Crippen LogP contribution in [0, 0.1) is 0 Å². The van der Waals surface area contributed by atoms with Crippen LogP contribution in [-0.2, 0) is 19.4 Å². The lowest BCUT2D eigenvalue weighted by atomic mass is 10.0. The molecule has 1 aliphatic carbocycles. The molecule has 0 unspecified atom stereocenters. The number of allylic oxidation sites excluding steroid dienone is 2. The van der Waals surface area contributed by atoms with Crippen LogP contribution >= 0.6 is 0 Å². The topological polar surface area (TPSA) is 61.1 Å². The van der Waals surface area contributed by atoms with Gasteiger partial charge < -0.3 is 19.8 Å². The molecule has 2 aromatic rings. The second-order valence-electron chi connectivity index (χ2n) is 7.84. The highest BCUT2D eigenvalue weighted by Crippen LogP contribution is 2.37. The summed E-state index contributed by atoms with van der Waals surface area (Å²) in [6, 6.07) is 6.78. The monoisotopic (exact) mass is 437 g/mol. The van der Waals surface area contributed by atoms with Crippen molar-refractivity contribution in [2.75, 3.05) is 44.2 Å². The predicted molar refractivity (Wildman–Crippen MR) is 111 cm³/mol. The molecular weight excluding hydrogens is 411 g/mol. The lowest BCUT2D eigenvalue weighted by Crippen LogP contribution is -2.47. The zero-order chi connectivity index (χ0) is 22.0. The van der Waals surface area contributed by atoms with E-state index >= 15 is 0 Å². The third-order valence-corrected chi connectivity index (χ3v) is 5.84. The van der Waals surface area contributed by atoms with Crippen molar-refractivity contribution in [1.29, 1.82) is 0 Å². The van der Waals surface area contributed by atoms with Crippen molar-refractivity contribution in [3.8, 4) is 17.5 Å². The number of aromatic hydroxyl groups is 2. The molecule has 0 radical (unpaired) electrons. The number of benzene rings is 1. The van der Waals surface area contributed by atoms with Gasteiger partial charge in [-0.25, -0.2) is 0 Å². The van der Waals surface area contributed by atoms with Crippen molar-refractivity contribution >= 4 is 5.69 Å². The maximum Gasteiger partial charge on any atom is 0.422 e. The van der Waals surface area contributed by atoms with Gasteiger partial charge in [-0.1, -0.05) is 24.3 Å². The van der Waals surface area contributed by atoms with Gasteiger partial charge in [0, 0.05) is 50.4 Å². The van der Waals surface area contributed by atoms with E-state index in [2.05, 4.69) is 4.90 Å². The lowest BCUT2D eigenvalue weighted by Gasteiger charge is -2.36. The minimum atomic E-state index is -4.38. The van der Waals surface area contributed by atoms with Gasteiger partial charge >= 0.3 is 6.18 Å². The summed E-state index contributed by atoms with van der Waals surface area (Å²) < 4.78 is 44.2. The van der Waals surface area contributed by atoms with Gasteiger partial charge in [0.2, 0.25) is 0 Å². The Balaban J connectivity index is 1.34. The van der Waals surface area contributed by atoms with Gasteiger partial charge in [-0.2, -0.15) is 13.2 Å². The quantitative estimate of drug-likeness (QED) is 0.679. The third kappa shape index (κ3) is 4.76. The van der Waals surface area contributed by atoms with E-state index in [0.29, 0.717) is 44.7 Å². The molecular formula is C22H26F3N3O3. The molecule has 2 N–H and O–H groups in total. The summed E-state index contributed by atoms with van der Waals surface area (Å²) in [7, 11) is 0. The van der Waals surface area contributed by atoms with Crippen LogP contribution in [0.2, 0.25) is 0 Å². The van der Waals surface area contributed by atoms with Gasteiger partial charge in [-0.3, -0.25) is 9.47 Å². The number of halogens is 3. The Morgan fingerprint density at radius 3 is 2.10 bits per heavy atom. The Bertz CT molecular complexity index is 916. The van der Waals surface area contributed by atoms with Gasteiger partial charge in [-0.05, 0) is 25.0 Å². The van der Waals surface area contributed by atoms with Crippen LogP contribution in [0.4, 0.5) is 18.9 Å². The summed E-state index contributed by atoms with van der Waals surface area (Å²) in [6.07, 6.45) is 0.839. The molecule has 0 saturated carbocycles. The van der Waals surface area contributed by atoms with Crippen LogP contribution < -0.4 is 9.64 Å². The first-order valence-electron chi connectivity index (χ1n) is 10.4. The summed E-state index contributed by atoms with van der Waals surface area (Å²) in [5, 5.41) is 20.9. The van der Waals surface area contributed by atoms with E-state index in [1.54, 1.807) is 28.8 Å². The third-order valence-electron chi connectivity index (χ3n) is 5.84. The minimum absolute atomic E-state index is 0.131. The number of anilines is 1. The Labute approximate surface area is 178 Å². The molecule has 2 heterocycles. The number of aromatic nitrogens is 1. The first-order valence-corrected chi connectivity index (χ1v) is 10.4. The molecule has 1 aromatic heterocycles. The number of ether oxygens (including phenoxy) is 1. The molecule has 1 fully saturated rings. The van der Waals surface area contributed by atoms with E-state index in [1.807, 2.05) is 17.1 Å². The first-order chi connectivity index (χ1) is 14.8. The lowest BCUT2D eigenvalue weighted by molar-refractivity contribution is -0.153. The zero-order valence-electron chi connectivity index (χ0n) is 17.1. The predicted octanol–water partition coefficient (Wildman–Crippen LogP) is 3.32. The number of rotatable bonds is 6. The van der Waals surface area contributed by atoms with E-state index in [4.69, 9.17) is 4.74 Å². The summed E-state index contributed by atoms with van der Waals surface area (Å²) in [5.74, 6) is 0.493. The van der Waals surface area contributed by atoms with Crippen molar-refractivity contribution in [3.05, 3.63) is 47.5 Å². The van der Waals surface area contributed by atoms with Crippen molar-refractivity contribution in [2.45, 2.75) is 25.6 Å². The molecule has 0 amide bonds. The standard InChI is InChI=1S/C22H26F3N3O3/c23-22(24,25)15-31-19-8-4-3-7-18(19)27-12-9-26(10-13-27)11-14-28-20(29)16-5-1-2-6-17(16)21(28)30/h1-4,7-8,29-30H,5-6,9-15H2. The second kappa shape index (κ2) is 8.74. The van der Waals surface area contributed by atoms with Crippen LogP contribution in [0.25, 0.3) is 0 Å². The molecule has 1 aromatic carbocycles. The molecule has 4 rings (SSSR count). The fraction of sp³-hybridized carbons (Fsp3) is 0.455. The van der Waals surface area contributed by atoms with E-state index in [1.165, 1.54) is 0 Å². The van der Waals surface area contributed by atoms with Crippen LogP contribution in [0.3, 0.4) is 0 Å². The number of fused-ring (bicyclic) bond motifs is 1. The van der Waals surface area contributed by atoms with Crippen molar-refractivity contribution in [3.63, 3.8) is 0 Å². The summed E-state index contributed by atoms with van der Waals surface area (Å²) >= 11 is 0. The number of alkyl halides is 3. The first kappa shape index (κ1) is 21.4. The maximum atomic E-state index is 12.5. The fourth-order valence-corrected chi connectivity index (χ4v) is 4.19. The summed E-state index contributed by atoms with van der Waals surface area (Å²) in [4.78, 5) is 4.24. The van der Waals surface area contributed by atoms with Crippen molar-refractivity contribution < 1.29 is 28.1 Å². The van der Waals surface area contributed by atoms with Crippen LogP contribution in [0.5, 0.6) is 17.5 Å². The SMILES string of the molecule is Oc1c2c(c(O)n1CCN1CCN(c3ccccc3OCC(F)(F)F)CC1)CC=CC2. The fourth-order valence-electron chi connectivity index (χ4n) is 4.19. The molecule has 168 valence electrons. The second-order valence-corrected chi connectivity index (χ2v) is 7.84.